The van der Waals surface area contributed by atoms with Gasteiger partial charge in [-0.2, -0.15) is 0 Å². The lowest BCUT2D eigenvalue weighted by atomic mass is 10.2. The monoisotopic (exact) mass is 191 g/mol. The van der Waals surface area contributed by atoms with Gasteiger partial charge in [0.15, 0.2) is 0 Å². The van der Waals surface area contributed by atoms with Gasteiger partial charge < -0.3 is 11.1 Å². The summed E-state index contributed by atoms with van der Waals surface area (Å²) in [7, 11) is 0. The molecule has 0 bridgehead atoms. The van der Waals surface area contributed by atoms with Crippen molar-refractivity contribution in [2.45, 2.75) is 6.54 Å². The molecule has 2 rings (SSSR count). The van der Waals surface area contributed by atoms with E-state index in [2.05, 4.69) is 22.3 Å². The molecule has 1 aliphatic heterocycles. The zero-order valence-corrected chi connectivity index (χ0v) is 8.37. The highest BCUT2D eigenvalue weighted by Crippen LogP contribution is 2.08. The second kappa shape index (κ2) is 4.44. The van der Waals surface area contributed by atoms with Crippen LogP contribution in [0.25, 0.3) is 0 Å². The van der Waals surface area contributed by atoms with Crippen LogP contribution in [0.4, 0.5) is 5.69 Å². The largest absolute Gasteiger partial charge is 0.399 e. The van der Waals surface area contributed by atoms with E-state index in [-0.39, 0.29) is 0 Å². The van der Waals surface area contributed by atoms with Crippen molar-refractivity contribution in [1.29, 1.82) is 0 Å². The highest BCUT2D eigenvalue weighted by atomic mass is 15.2. The first-order valence-electron chi connectivity index (χ1n) is 5.12. The van der Waals surface area contributed by atoms with E-state index in [9.17, 15) is 0 Å². The zero-order valence-electron chi connectivity index (χ0n) is 8.37. The van der Waals surface area contributed by atoms with E-state index in [0.717, 1.165) is 38.4 Å². The predicted molar refractivity (Wildman–Crippen MR) is 59.0 cm³/mol. The van der Waals surface area contributed by atoms with Gasteiger partial charge in [-0.1, -0.05) is 12.1 Å². The van der Waals surface area contributed by atoms with Gasteiger partial charge in [0.25, 0.3) is 0 Å². The first-order chi connectivity index (χ1) is 6.84. The highest BCUT2D eigenvalue weighted by molar-refractivity contribution is 5.39. The van der Waals surface area contributed by atoms with Gasteiger partial charge in [0.2, 0.25) is 0 Å². The van der Waals surface area contributed by atoms with Crippen molar-refractivity contribution in [3.05, 3.63) is 29.8 Å². The molecule has 1 saturated heterocycles. The van der Waals surface area contributed by atoms with Crippen LogP contribution in [0.2, 0.25) is 0 Å². The topological polar surface area (TPSA) is 41.3 Å². The molecule has 0 spiro atoms. The Morgan fingerprint density at radius 2 is 1.79 bits per heavy atom. The number of nitrogen functional groups attached to an aromatic ring is 1. The fraction of sp³-hybridized carbons (Fsp3) is 0.455. The average Bonchev–Trinajstić information content (AvgIpc) is 2.23. The van der Waals surface area contributed by atoms with E-state index < -0.39 is 0 Å². The summed E-state index contributed by atoms with van der Waals surface area (Å²) in [5.74, 6) is 0. The summed E-state index contributed by atoms with van der Waals surface area (Å²) >= 11 is 0. The molecule has 1 fully saturated rings. The Bertz CT molecular complexity index is 275. The molecule has 1 heterocycles. The smallest absolute Gasteiger partial charge is 0.0314 e. The lowest BCUT2D eigenvalue weighted by molar-refractivity contribution is 0.233. The van der Waals surface area contributed by atoms with E-state index in [4.69, 9.17) is 5.73 Å². The summed E-state index contributed by atoms with van der Waals surface area (Å²) < 4.78 is 0. The number of nitrogens with two attached hydrogens (primary N) is 1. The Kier molecular flexibility index (Phi) is 3.01. The third kappa shape index (κ3) is 2.47. The molecule has 0 aliphatic carbocycles. The van der Waals surface area contributed by atoms with Crippen LogP contribution in [-0.2, 0) is 6.54 Å². The lowest BCUT2D eigenvalue weighted by Crippen LogP contribution is -2.42. The highest BCUT2D eigenvalue weighted by Gasteiger charge is 2.09. The number of hydrogen-bond donors (Lipinski definition) is 2. The molecule has 3 heteroatoms. The molecule has 0 saturated carbocycles. The van der Waals surface area contributed by atoms with Crippen LogP contribution in [0.5, 0.6) is 0 Å². The number of piperazine rings is 1. The molecule has 3 N–H and O–H groups in total. The molecule has 1 aliphatic rings. The Hall–Kier alpha value is -1.06. The molecular weight excluding hydrogens is 174 g/mol. The summed E-state index contributed by atoms with van der Waals surface area (Å²) in [5, 5.41) is 3.35. The summed E-state index contributed by atoms with van der Waals surface area (Å²) in [4.78, 5) is 2.46. The Morgan fingerprint density at radius 3 is 2.43 bits per heavy atom. The Balaban J connectivity index is 1.92. The van der Waals surface area contributed by atoms with Crippen LogP contribution in [0, 0.1) is 0 Å². The molecule has 0 amide bonds. The van der Waals surface area contributed by atoms with Crippen LogP contribution in [0.1, 0.15) is 5.56 Å². The van der Waals surface area contributed by atoms with E-state index >= 15 is 0 Å². The summed E-state index contributed by atoms with van der Waals surface area (Å²) in [5.41, 5.74) is 7.83. The number of nitrogens with zero attached hydrogens (tertiary/aromatic N) is 1. The number of hydrogen-bond acceptors (Lipinski definition) is 3. The molecule has 76 valence electrons. The normalized spacial score (nSPS) is 18.3. The maximum absolute atomic E-state index is 5.64. The van der Waals surface area contributed by atoms with E-state index in [0.29, 0.717) is 0 Å². The van der Waals surface area contributed by atoms with Gasteiger partial charge in [-0.05, 0) is 17.7 Å². The Morgan fingerprint density at radius 1 is 1.14 bits per heavy atom. The van der Waals surface area contributed by atoms with E-state index in [1.807, 2.05) is 12.1 Å². The fourth-order valence-corrected chi connectivity index (χ4v) is 1.75. The van der Waals surface area contributed by atoms with Crippen molar-refractivity contribution in [1.82, 2.24) is 10.2 Å². The number of anilines is 1. The van der Waals surface area contributed by atoms with Crippen LogP contribution >= 0.6 is 0 Å². The van der Waals surface area contributed by atoms with Gasteiger partial charge in [-0.3, -0.25) is 4.90 Å². The SMILES string of the molecule is Nc1ccc(CN2CCNCC2)cc1. The van der Waals surface area contributed by atoms with Crippen molar-refractivity contribution in [2.24, 2.45) is 0 Å². The van der Waals surface area contributed by atoms with Gasteiger partial charge in [0.05, 0.1) is 0 Å². The molecule has 0 unspecified atom stereocenters. The number of rotatable bonds is 2. The van der Waals surface area contributed by atoms with E-state index in [1.54, 1.807) is 0 Å². The fourth-order valence-electron chi connectivity index (χ4n) is 1.75. The van der Waals surface area contributed by atoms with Crippen molar-refractivity contribution in [2.75, 3.05) is 31.9 Å². The van der Waals surface area contributed by atoms with E-state index in [1.165, 1.54) is 5.56 Å². The van der Waals surface area contributed by atoms with Crippen LogP contribution in [-0.4, -0.2) is 31.1 Å². The second-order valence-electron chi connectivity index (χ2n) is 3.77. The minimum absolute atomic E-state index is 0.842. The second-order valence-corrected chi connectivity index (χ2v) is 3.77. The standard InChI is InChI=1S/C11H17N3/c12-11-3-1-10(2-4-11)9-14-7-5-13-6-8-14/h1-4,13H,5-9,12H2. The number of benzene rings is 1. The summed E-state index contributed by atoms with van der Waals surface area (Å²) in [6.07, 6.45) is 0. The van der Waals surface area contributed by atoms with Crippen molar-refractivity contribution in [3.63, 3.8) is 0 Å². The molecule has 0 atom stereocenters. The average molecular weight is 191 g/mol. The van der Waals surface area contributed by atoms with Crippen molar-refractivity contribution < 1.29 is 0 Å². The minimum atomic E-state index is 0.842. The predicted octanol–water partition coefficient (Wildman–Crippen LogP) is 0.674. The van der Waals surface area contributed by atoms with Crippen LogP contribution in [0.15, 0.2) is 24.3 Å². The molecule has 1 aromatic rings. The third-order valence-electron chi connectivity index (χ3n) is 2.60. The first kappa shape index (κ1) is 9.49. The van der Waals surface area contributed by atoms with Crippen molar-refractivity contribution >= 4 is 5.69 Å². The van der Waals surface area contributed by atoms with Gasteiger partial charge in [0, 0.05) is 38.4 Å². The number of nitrogens with one attached hydrogen (secondary N) is 1. The van der Waals surface area contributed by atoms with Gasteiger partial charge in [-0.25, -0.2) is 0 Å². The van der Waals surface area contributed by atoms with Gasteiger partial charge in [0.1, 0.15) is 0 Å². The molecule has 0 radical (unpaired) electrons. The minimum Gasteiger partial charge on any atom is -0.399 e. The molecular formula is C11H17N3. The van der Waals surface area contributed by atoms with Crippen LogP contribution < -0.4 is 11.1 Å². The quantitative estimate of drug-likeness (QED) is 0.675. The molecule has 14 heavy (non-hydrogen) atoms. The van der Waals surface area contributed by atoms with Gasteiger partial charge >= 0.3 is 0 Å². The maximum Gasteiger partial charge on any atom is 0.0314 e. The summed E-state index contributed by atoms with van der Waals surface area (Å²) in [6.45, 7) is 5.54. The van der Waals surface area contributed by atoms with Gasteiger partial charge in [-0.15, -0.1) is 0 Å². The molecule has 1 aromatic carbocycles. The van der Waals surface area contributed by atoms with Crippen LogP contribution in [0.3, 0.4) is 0 Å². The maximum atomic E-state index is 5.64. The third-order valence-corrected chi connectivity index (χ3v) is 2.60. The Labute approximate surface area is 84.9 Å². The first-order valence-corrected chi connectivity index (χ1v) is 5.12. The summed E-state index contributed by atoms with van der Waals surface area (Å²) in [6, 6.07) is 8.16. The zero-order chi connectivity index (χ0) is 9.80. The van der Waals surface area contributed by atoms with Crippen molar-refractivity contribution in [3.8, 4) is 0 Å². The molecule has 3 nitrogen and oxygen atoms in total. The molecule has 0 aromatic heterocycles. The lowest BCUT2D eigenvalue weighted by Gasteiger charge is -2.27.